The fourth-order valence-corrected chi connectivity index (χ4v) is 2.20. The molecule has 0 amide bonds. The van der Waals surface area contributed by atoms with Gasteiger partial charge in [0.1, 0.15) is 5.75 Å². The van der Waals surface area contributed by atoms with Gasteiger partial charge in [0.05, 0.1) is 18.2 Å². The second-order valence-corrected chi connectivity index (χ2v) is 4.41. The van der Waals surface area contributed by atoms with E-state index in [0.717, 1.165) is 24.8 Å². The van der Waals surface area contributed by atoms with Gasteiger partial charge < -0.3 is 9.84 Å². The lowest BCUT2D eigenvalue weighted by molar-refractivity contribution is 0.206. The highest BCUT2D eigenvalue weighted by atomic mass is 35.5. The van der Waals surface area contributed by atoms with E-state index in [4.69, 9.17) is 16.3 Å². The van der Waals surface area contributed by atoms with Crippen molar-refractivity contribution < 1.29 is 9.84 Å². The van der Waals surface area contributed by atoms with Crippen molar-refractivity contribution in [3.63, 3.8) is 0 Å². The third-order valence-electron chi connectivity index (χ3n) is 2.86. The van der Waals surface area contributed by atoms with E-state index >= 15 is 0 Å². The Balaban J connectivity index is 2.33. The molecule has 3 heteroatoms. The van der Waals surface area contributed by atoms with Crippen molar-refractivity contribution in [1.29, 1.82) is 0 Å². The first kappa shape index (κ1) is 11.5. The van der Waals surface area contributed by atoms with Crippen LogP contribution in [0.5, 0.6) is 5.75 Å². The second kappa shape index (κ2) is 4.89. The Morgan fingerprint density at radius 2 is 2.25 bits per heavy atom. The smallest absolute Gasteiger partial charge is 0.138 e. The first-order valence-corrected chi connectivity index (χ1v) is 5.81. The van der Waals surface area contributed by atoms with Crippen LogP contribution in [0.25, 0.3) is 5.57 Å². The summed E-state index contributed by atoms with van der Waals surface area (Å²) in [6.07, 6.45) is 4.49. The van der Waals surface area contributed by atoms with Gasteiger partial charge in [-0.1, -0.05) is 23.7 Å². The molecule has 0 saturated carbocycles. The molecule has 0 fully saturated rings. The maximum atomic E-state index is 9.59. The lowest BCUT2D eigenvalue weighted by Crippen LogP contribution is -2.08. The van der Waals surface area contributed by atoms with E-state index in [2.05, 4.69) is 0 Å². The normalized spacial score (nSPS) is 20.4. The molecule has 0 spiro atoms. The molecule has 16 heavy (non-hydrogen) atoms. The molecule has 1 N–H and O–H groups in total. The van der Waals surface area contributed by atoms with Crippen LogP contribution in [0.3, 0.4) is 0 Å². The van der Waals surface area contributed by atoms with E-state index in [1.807, 2.05) is 24.3 Å². The number of ether oxygens (including phenoxy) is 1. The van der Waals surface area contributed by atoms with Crippen molar-refractivity contribution in [2.75, 3.05) is 7.11 Å². The Labute approximate surface area is 101 Å². The number of aliphatic hydroxyl groups is 1. The standard InChI is InChI=1S/C13H15ClO2/c1-16-13-8-10(5-6-12(13)14)9-3-2-4-11(15)7-9/h5-8,11,15H,2-4H2,1H3. The molecule has 1 aliphatic rings. The summed E-state index contributed by atoms with van der Waals surface area (Å²) in [5, 5.41) is 10.2. The van der Waals surface area contributed by atoms with E-state index < -0.39 is 0 Å². The molecule has 86 valence electrons. The SMILES string of the molecule is COc1cc(C2=CC(O)CCC2)ccc1Cl. The van der Waals surface area contributed by atoms with Gasteiger partial charge in [-0.2, -0.15) is 0 Å². The molecule has 0 heterocycles. The number of halogens is 1. The third-order valence-corrected chi connectivity index (χ3v) is 3.17. The zero-order chi connectivity index (χ0) is 11.5. The maximum absolute atomic E-state index is 9.59. The minimum Gasteiger partial charge on any atom is -0.495 e. The number of hydrogen-bond donors (Lipinski definition) is 1. The van der Waals surface area contributed by atoms with Crippen LogP contribution in [0.1, 0.15) is 24.8 Å². The number of rotatable bonds is 2. The highest BCUT2D eigenvalue weighted by molar-refractivity contribution is 6.32. The van der Waals surface area contributed by atoms with Crippen molar-refractivity contribution in [3.8, 4) is 5.75 Å². The first-order valence-electron chi connectivity index (χ1n) is 5.43. The predicted octanol–water partition coefficient (Wildman–Crippen LogP) is 3.28. The molecule has 0 aromatic heterocycles. The molecule has 2 rings (SSSR count). The summed E-state index contributed by atoms with van der Waals surface area (Å²) in [6, 6.07) is 5.72. The Hall–Kier alpha value is -0.990. The predicted molar refractivity (Wildman–Crippen MR) is 65.8 cm³/mol. The van der Waals surface area contributed by atoms with E-state index in [1.165, 1.54) is 5.57 Å². The summed E-state index contributed by atoms with van der Waals surface area (Å²) < 4.78 is 5.18. The zero-order valence-electron chi connectivity index (χ0n) is 9.24. The van der Waals surface area contributed by atoms with Crippen LogP contribution in [-0.4, -0.2) is 18.3 Å². The highest BCUT2D eigenvalue weighted by Crippen LogP contribution is 2.32. The van der Waals surface area contributed by atoms with Crippen molar-refractivity contribution >= 4 is 17.2 Å². The van der Waals surface area contributed by atoms with Gasteiger partial charge in [-0.3, -0.25) is 0 Å². The Morgan fingerprint density at radius 1 is 1.44 bits per heavy atom. The third kappa shape index (κ3) is 2.39. The van der Waals surface area contributed by atoms with Gasteiger partial charge in [0.2, 0.25) is 0 Å². The average Bonchev–Trinajstić information content (AvgIpc) is 2.29. The minimum atomic E-state index is -0.314. The van der Waals surface area contributed by atoms with Crippen LogP contribution in [-0.2, 0) is 0 Å². The summed E-state index contributed by atoms with van der Waals surface area (Å²) in [5.74, 6) is 0.681. The average molecular weight is 239 g/mol. The Kier molecular flexibility index (Phi) is 3.52. The van der Waals surface area contributed by atoms with Crippen molar-refractivity contribution in [2.45, 2.75) is 25.4 Å². The number of hydrogen-bond acceptors (Lipinski definition) is 2. The van der Waals surface area contributed by atoms with Crippen molar-refractivity contribution in [2.24, 2.45) is 0 Å². The molecular formula is C13H15ClO2. The van der Waals surface area contributed by atoms with Gasteiger partial charge in [-0.25, -0.2) is 0 Å². The Bertz CT molecular complexity index is 412. The molecule has 0 bridgehead atoms. The fourth-order valence-electron chi connectivity index (χ4n) is 2.00. The molecule has 0 aliphatic heterocycles. The Morgan fingerprint density at radius 3 is 2.94 bits per heavy atom. The van der Waals surface area contributed by atoms with Crippen molar-refractivity contribution in [3.05, 3.63) is 34.9 Å². The molecular weight excluding hydrogens is 224 g/mol. The lowest BCUT2D eigenvalue weighted by Gasteiger charge is -2.17. The summed E-state index contributed by atoms with van der Waals surface area (Å²) in [7, 11) is 1.61. The lowest BCUT2D eigenvalue weighted by atomic mass is 9.92. The summed E-state index contributed by atoms with van der Waals surface area (Å²) >= 11 is 5.97. The van der Waals surface area contributed by atoms with Crippen LogP contribution < -0.4 is 4.74 Å². The molecule has 1 unspecified atom stereocenters. The van der Waals surface area contributed by atoms with Crippen LogP contribution in [0, 0.1) is 0 Å². The van der Waals surface area contributed by atoms with Crippen LogP contribution in [0.15, 0.2) is 24.3 Å². The monoisotopic (exact) mass is 238 g/mol. The van der Waals surface area contributed by atoms with Gasteiger partial charge >= 0.3 is 0 Å². The summed E-state index contributed by atoms with van der Waals surface area (Å²) in [4.78, 5) is 0. The van der Waals surface area contributed by atoms with Gasteiger partial charge in [0, 0.05) is 0 Å². The maximum Gasteiger partial charge on any atom is 0.138 e. The van der Waals surface area contributed by atoms with E-state index in [1.54, 1.807) is 7.11 Å². The molecule has 1 aliphatic carbocycles. The summed E-state index contributed by atoms with van der Waals surface area (Å²) in [5.41, 5.74) is 2.26. The summed E-state index contributed by atoms with van der Waals surface area (Å²) in [6.45, 7) is 0. The second-order valence-electron chi connectivity index (χ2n) is 4.00. The number of allylic oxidation sites excluding steroid dienone is 1. The van der Waals surface area contributed by atoms with Crippen LogP contribution in [0.4, 0.5) is 0 Å². The minimum absolute atomic E-state index is 0.314. The number of aliphatic hydroxyl groups excluding tert-OH is 1. The van der Waals surface area contributed by atoms with E-state index in [9.17, 15) is 5.11 Å². The first-order chi connectivity index (χ1) is 7.70. The highest BCUT2D eigenvalue weighted by Gasteiger charge is 2.13. The molecule has 1 aromatic carbocycles. The topological polar surface area (TPSA) is 29.5 Å². The zero-order valence-corrected chi connectivity index (χ0v) is 10.00. The quantitative estimate of drug-likeness (QED) is 0.857. The molecule has 0 saturated heterocycles. The van der Waals surface area contributed by atoms with E-state index in [-0.39, 0.29) is 6.10 Å². The van der Waals surface area contributed by atoms with Crippen LogP contribution >= 0.6 is 11.6 Å². The molecule has 0 radical (unpaired) electrons. The number of methoxy groups -OCH3 is 1. The van der Waals surface area contributed by atoms with Gasteiger partial charge in [-0.15, -0.1) is 0 Å². The largest absolute Gasteiger partial charge is 0.495 e. The van der Waals surface area contributed by atoms with Crippen LogP contribution in [0.2, 0.25) is 5.02 Å². The molecule has 2 nitrogen and oxygen atoms in total. The van der Waals surface area contributed by atoms with Gasteiger partial charge in [-0.05, 0) is 42.5 Å². The molecule has 1 atom stereocenters. The fraction of sp³-hybridized carbons (Fsp3) is 0.385. The van der Waals surface area contributed by atoms with Crippen molar-refractivity contribution in [1.82, 2.24) is 0 Å². The number of benzene rings is 1. The van der Waals surface area contributed by atoms with E-state index in [0.29, 0.717) is 10.8 Å². The van der Waals surface area contributed by atoms with Gasteiger partial charge in [0.25, 0.3) is 0 Å². The van der Waals surface area contributed by atoms with Gasteiger partial charge in [0.15, 0.2) is 0 Å². The molecule has 1 aromatic rings.